The van der Waals surface area contributed by atoms with Crippen molar-refractivity contribution < 1.29 is 14.0 Å². The van der Waals surface area contributed by atoms with Gasteiger partial charge in [-0.25, -0.2) is 19.0 Å². The SMILES string of the molecule is CN(C)C=NC1=CC(=C=O)NC(=C=O)N1c1ccc(I)cc1F. The fraction of sp³-hybridized carbons (Fsp3) is 0.133. The summed E-state index contributed by atoms with van der Waals surface area (Å²) in [4.78, 5) is 29.2. The molecule has 1 aliphatic heterocycles. The number of benzene rings is 1. The van der Waals surface area contributed by atoms with E-state index in [9.17, 15) is 14.0 Å². The Bertz CT molecular complexity index is 791. The van der Waals surface area contributed by atoms with E-state index in [4.69, 9.17) is 0 Å². The van der Waals surface area contributed by atoms with Crippen LogP contribution in [0.4, 0.5) is 10.1 Å². The lowest BCUT2D eigenvalue weighted by Crippen LogP contribution is -2.36. The third-order valence-electron chi connectivity index (χ3n) is 2.76. The highest BCUT2D eigenvalue weighted by atomic mass is 127. The molecule has 2 rings (SSSR count). The van der Waals surface area contributed by atoms with Crippen LogP contribution in [0.5, 0.6) is 0 Å². The summed E-state index contributed by atoms with van der Waals surface area (Å²) in [6.45, 7) is 0. The van der Waals surface area contributed by atoms with Gasteiger partial charge in [0.1, 0.15) is 17.3 Å². The van der Waals surface area contributed by atoms with Gasteiger partial charge >= 0.3 is 0 Å². The van der Waals surface area contributed by atoms with E-state index in [1.165, 1.54) is 29.4 Å². The van der Waals surface area contributed by atoms with E-state index < -0.39 is 5.82 Å². The molecule has 0 radical (unpaired) electrons. The Morgan fingerprint density at radius 3 is 2.65 bits per heavy atom. The van der Waals surface area contributed by atoms with Crippen molar-refractivity contribution >= 4 is 46.5 Å². The van der Waals surface area contributed by atoms with Crippen LogP contribution in [0.1, 0.15) is 0 Å². The van der Waals surface area contributed by atoms with Crippen molar-refractivity contribution in [3.63, 3.8) is 0 Å². The predicted octanol–water partition coefficient (Wildman–Crippen LogP) is 1.66. The Morgan fingerprint density at radius 1 is 1.35 bits per heavy atom. The van der Waals surface area contributed by atoms with E-state index in [1.807, 2.05) is 22.6 Å². The largest absolute Gasteiger partial charge is 0.369 e. The molecule has 0 atom stereocenters. The zero-order valence-electron chi connectivity index (χ0n) is 12.3. The summed E-state index contributed by atoms with van der Waals surface area (Å²) in [6.07, 6.45) is 2.84. The monoisotopic (exact) mass is 426 g/mol. The second kappa shape index (κ2) is 7.23. The maximum absolute atomic E-state index is 14.3. The molecule has 1 aromatic rings. The lowest BCUT2D eigenvalue weighted by molar-refractivity contribution is 0.561. The molecule has 0 saturated heterocycles. The summed E-state index contributed by atoms with van der Waals surface area (Å²) in [5.74, 6) is 2.83. The first-order valence-corrected chi connectivity index (χ1v) is 7.49. The molecule has 6 nitrogen and oxygen atoms in total. The summed E-state index contributed by atoms with van der Waals surface area (Å²) >= 11 is 1.98. The van der Waals surface area contributed by atoms with Crippen molar-refractivity contribution in [3.8, 4) is 0 Å². The van der Waals surface area contributed by atoms with E-state index in [-0.39, 0.29) is 23.0 Å². The number of hydrogen-bond acceptors (Lipinski definition) is 5. The van der Waals surface area contributed by atoms with E-state index in [1.54, 1.807) is 36.9 Å². The van der Waals surface area contributed by atoms with Crippen molar-refractivity contribution in [1.29, 1.82) is 0 Å². The fourth-order valence-corrected chi connectivity index (χ4v) is 2.28. The summed E-state index contributed by atoms with van der Waals surface area (Å²) in [7, 11) is 3.52. The van der Waals surface area contributed by atoms with Crippen LogP contribution < -0.4 is 10.2 Å². The minimum absolute atomic E-state index is 0.0106. The molecule has 1 aromatic carbocycles. The summed E-state index contributed by atoms with van der Waals surface area (Å²) in [5.41, 5.74) is 0.125. The Hall–Kier alpha value is -2.41. The van der Waals surface area contributed by atoms with Gasteiger partial charge in [0.05, 0.1) is 12.0 Å². The average molecular weight is 426 g/mol. The van der Waals surface area contributed by atoms with Gasteiger partial charge in [-0.3, -0.25) is 4.90 Å². The summed E-state index contributed by atoms with van der Waals surface area (Å²) < 4.78 is 15.0. The first-order chi connectivity index (χ1) is 11.0. The second-order valence-corrected chi connectivity index (χ2v) is 5.98. The van der Waals surface area contributed by atoms with Crippen molar-refractivity contribution in [2.75, 3.05) is 19.0 Å². The summed E-state index contributed by atoms with van der Waals surface area (Å²) in [5, 5.41) is 2.54. The molecule has 0 fully saturated rings. The Balaban J connectivity index is 2.63. The topological polar surface area (TPSA) is 65.0 Å². The van der Waals surface area contributed by atoms with E-state index in [2.05, 4.69) is 10.3 Å². The molecule has 8 heteroatoms. The van der Waals surface area contributed by atoms with Crippen LogP contribution in [0.25, 0.3) is 0 Å². The lowest BCUT2D eigenvalue weighted by atomic mass is 10.2. The van der Waals surface area contributed by atoms with Gasteiger partial charge < -0.3 is 10.2 Å². The molecular formula is C15H12FIN4O2. The van der Waals surface area contributed by atoms with Crippen LogP contribution in [0.15, 0.2) is 46.6 Å². The minimum atomic E-state index is -0.532. The maximum Gasteiger partial charge on any atom is 0.204 e. The number of hydrogen-bond donors (Lipinski definition) is 1. The van der Waals surface area contributed by atoms with E-state index in [0.717, 1.165) is 0 Å². The number of aliphatic imine (C=N–C) groups is 1. The average Bonchev–Trinajstić information content (AvgIpc) is 2.52. The first-order valence-electron chi connectivity index (χ1n) is 6.41. The molecule has 1 N–H and O–H groups in total. The van der Waals surface area contributed by atoms with Gasteiger partial charge in [-0.15, -0.1) is 0 Å². The molecule has 0 aliphatic carbocycles. The number of allylic oxidation sites excluding steroid dienone is 1. The molecule has 23 heavy (non-hydrogen) atoms. The van der Waals surface area contributed by atoms with Crippen molar-refractivity contribution in [2.45, 2.75) is 0 Å². The van der Waals surface area contributed by atoms with E-state index >= 15 is 0 Å². The summed E-state index contributed by atoms with van der Waals surface area (Å²) in [6, 6.07) is 4.54. The minimum Gasteiger partial charge on any atom is -0.369 e. The number of halogens is 2. The highest BCUT2D eigenvalue weighted by molar-refractivity contribution is 14.1. The molecule has 118 valence electrons. The third kappa shape index (κ3) is 3.87. The number of rotatable bonds is 3. The molecule has 0 saturated carbocycles. The van der Waals surface area contributed by atoms with Crippen LogP contribution in [0.2, 0.25) is 0 Å². The van der Waals surface area contributed by atoms with Gasteiger partial charge in [0.25, 0.3) is 0 Å². The number of nitrogens with zero attached hydrogens (tertiary/aromatic N) is 3. The molecule has 0 bridgehead atoms. The quantitative estimate of drug-likeness (QED) is 0.345. The lowest BCUT2D eigenvalue weighted by Gasteiger charge is -2.29. The highest BCUT2D eigenvalue weighted by Crippen LogP contribution is 2.30. The standard InChI is InChI=1S/C15H12FIN4O2/c1-20(2)9-18-14-6-11(7-22)19-15(8-23)21(14)13-4-3-10(17)5-12(13)16/h3-6,9,19H,1-2H3. The Morgan fingerprint density at radius 2 is 2.09 bits per heavy atom. The maximum atomic E-state index is 14.3. The van der Waals surface area contributed by atoms with Gasteiger partial charge in [-0.1, -0.05) is 0 Å². The molecule has 0 amide bonds. The molecule has 1 aliphatic rings. The molecule has 0 aromatic heterocycles. The Labute approximate surface area is 145 Å². The fourth-order valence-electron chi connectivity index (χ4n) is 1.83. The zero-order valence-corrected chi connectivity index (χ0v) is 14.5. The smallest absolute Gasteiger partial charge is 0.204 e. The first kappa shape index (κ1) is 17.0. The predicted molar refractivity (Wildman–Crippen MR) is 93.4 cm³/mol. The normalized spacial score (nSPS) is 14.3. The van der Waals surface area contributed by atoms with Gasteiger partial charge in [0.15, 0.2) is 11.9 Å². The van der Waals surface area contributed by atoms with Gasteiger partial charge in [-0.2, -0.15) is 0 Å². The zero-order chi connectivity index (χ0) is 17.0. The van der Waals surface area contributed by atoms with Gasteiger partial charge in [0, 0.05) is 23.7 Å². The molecular weight excluding hydrogens is 414 g/mol. The van der Waals surface area contributed by atoms with Crippen molar-refractivity contribution in [2.24, 2.45) is 4.99 Å². The molecule has 1 heterocycles. The van der Waals surface area contributed by atoms with Gasteiger partial charge in [0.2, 0.25) is 5.82 Å². The molecule has 0 unspecified atom stereocenters. The number of carbonyl (C=O) groups excluding carboxylic acids is 2. The second-order valence-electron chi connectivity index (χ2n) is 4.73. The van der Waals surface area contributed by atoms with Gasteiger partial charge in [-0.05, 0) is 40.8 Å². The molecule has 0 spiro atoms. The van der Waals surface area contributed by atoms with Crippen molar-refractivity contribution in [1.82, 2.24) is 10.2 Å². The van der Waals surface area contributed by atoms with E-state index in [0.29, 0.717) is 3.57 Å². The van der Waals surface area contributed by atoms with Crippen LogP contribution in [0, 0.1) is 9.39 Å². The van der Waals surface area contributed by atoms with Crippen LogP contribution >= 0.6 is 22.6 Å². The Kier molecular flexibility index (Phi) is 5.33. The third-order valence-corrected chi connectivity index (χ3v) is 3.43. The van der Waals surface area contributed by atoms with Crippen LogP contribution in [-0.2, 0) is 9.59 Å². The number of anilines is 1. The van der Waals surface area contributed by atoms with Crippen LogP contribution in [0.3, 0.4) is 0 Å². The van der Waals surface area contributed by atoms with Crippen LogP contribution in [-0.4, -0.2) is 37.2 Å². The highest BCUT2D eigenvalue weighted by Gasteiger charge is 2.26. The number of nitrogens with one attached hydrogen (secondary N) is 1. The van der Waals surface area contributed by atoms with Crippen molar-refractivity contribution in [3.05, 3.63) is 51.0 Å².